The van der Waals surface area contributed by atoms with Crippen LogP contribution >= 0.6 is 0 Å². The van der Waals surface area contributed by atoms with E-state index in [4.69, 9.17) is 11.5 Å². The van der Waals surface area contributed by atoms with Gasteiger partial charge >= 0.3 is 0 Å². The standard InChI is InChI=1S/C14H15FN4O/c15-10-3-1-2-9(6-10)4-5-18-13-7-11(14(17)20)12(16)8-19-13/h1-3,6-8H,4-5,16H2,(H2,17,20)(H,18,19). The van der Waals surface area contributed by atoms with Crippen molar-refractivity contribution in [2.24, 2.45) is 5.73 Å². The molecule has 20 heavy (non-hydrogen) atoms. The molecule has 2 rings (SSSR count). The average Bonchev–Trinajstić information content (AvgIpc) is 2.40. The lowest BCUT2D eigenvalue weighted by molar-refractivity contribution is 0.100. The Kier molecular flexibility index (Phi) is 4.14. The predicted octanol–water partition coefficient (Wildman–Crippen LogP) is 1.56. The first kappa shape index (κ1) is 13.8. The highest BCUT2D eigenvalue weighted by Gasteiger charge is 2.07. The zero-order valence-corrected chi connectivity index (χ0v) is 10.8. The zero-order valence-electron chi connectivity index (χ0n) is 10.8. The largest absolute Gasteiger partial charge is 0.397 e. The fraction of sp³-hybridized carbons (Fsp3) is 0.143. The summed E-state index contributed by atoms with van der Waals surface area (Å²) >= 11 is 0. The number of nitrogens with zero attached hydrogens (tertiary/aromatic N) is 1. The van der Waals surface area contributed by atoms with Crippen molar-refractivity contribution in [2.45, 2.75) is 6.42 Å². The van der Waals surface area contributed by atoms with Crippen LogP contribution in [0.2, 0.25) is 0 Å². The maximum absolute atomic E-state index is 13.0. The second kappa shape index (κ2) is 6.01. The Labute approximate surface area is 115 Å². The van der Waals surface area contributed by atoms with Gasteiger partial charge in [0.25, 0.3) is 5.91 Å². The number of anilines is 2. The summed E-state index contributed by atoms with van der Waals surface area (Å²) in [5.41, 5.74) is 12.1. The first-order valence-electron chi connectivity index (χ1n) is 6.10. The molecular formula is C14H15FN4O. The van der Waals surface area contributed by atoms with Gasteiger partial charge in [0.05, 0.1) is 17.4 Å². The number of rotatable bonds is 5. The molecule has 0 aliphatic heterocycles. The number of carbonyl (C=O) groups excluding carboxylic acids is 1. The van der Waals surface area contributed by atoms with E-state index in [0.29, 0.717) is 18.8 Å². The number of primary amides is 1. The van der Waals surface area contributed by atoms with Crippen LogP contribution in [-0.2, 0) is 6.42 Å². The van der Waals surface area contributed by atoms with Gasteiger partial charge in [0.1, 0.15) is 11.6 Å². The molecule has 0 aliphatic carbocycles. The van der Waals surface area contributed by atoms with Crippen LogP contribution in [0.1, 0.15) is 15.9 Å². The van der Waals surface area contributed by atoms with E-state index in [1.807, 2.05) is 6.07 Å². The van der Waals surface area contributed by atoms with E-state index in [1.165, 1.54) is 24.4 Å². The summed E-state index contributed by atoms with van der Waals surface area (Å²) in [6, 6.07) is 7.89. The van der Waals surface area contributed by atoms with Gasteiger partial charge in [-0.05, 0) is 30.2 Å². The monoisotopic (exact) mass is 274 g/mol. The Balaban J connectivity index is 1.97. The highest BCUT2D eigenvalue weighted by atomic mass is 19.1. The minimum Gasteiger partial charge on any atom is -0.397 e. The molecule has 5 N–H and O–H groups in total. The van der Waals surface area contributed by atoms with Crippen molar-refractivity contribution in [1.82, 2.24) is 4.98 Å². The summed E-state index contributed by atoms with van der Waals surface area (Å²) < 4.78 is 13.0. The fourth-order valence-electron chi connectivity index (χ4n) is 1.80. The minimum atomic E-state index is -0.599. The molecule has 0 aliphatic rings. The van der Waals surface area contributed by atoms with E-state index in [9.17, 15) is 9.18 Å². The minimum absolute atomic E-state index is 0.230. The van der Waals surface area contributed by atoms with Gasteiger partial charge in [-0.15, -0.1) is 0 Å². The molecule has 0 spiro atoms. The van der Waals surface area contributed by atoms with Crippen LogP contribution in [0, 0.1) is 5.82 Å². The maximum atomic E-state index is 13.0. The Morgan fingerprint density at radius 1 is 1.35 bits per heavy atom. The second-order valence-corrected chi connectivity index (χ2v) is 4.33. The molecule has 1 heterocycles. The van der Waals surface area contributed by atoms with Crippen molar-refractivity contribution in [3.8, 4) is 0 Å². The molecule has 0 radical (unpaired) electrons. The molecule has 0 atom stereocenters. The van der Waals surface area contributed by atoms with E-state index >= 15 is 0 Å². The van der Waals surface area contributed by atoms with Gasteiger partial charge in [-0.2, -0.15) is 0 Å². The van der Waals surface area contributed by atoms with Crippen LogP contribution < -0.4 is 16.8 Å². The lowest BCUT2D eigenvalue weighted by Gasteiger charge is -2.08. The van der Waals surface area contributed by atoms with Gasteiger partial charge in [0.2, 0.25) is 0 Å². The molecule has 1 aromatic carbocycles. The first-order valence-corrected chi connectivity index (χ1v) is 6.10. The van der Waals surface area contributed by atoms with Crippen LogP contribution in [0.5, 0.6) is 0 Å². The van der Waals surface area contributed by atoms with Crippen LogP contribution in [-0.4, -0.2) is 17.4 Å². The second-order valence-electron chi connectivity index (χ2n) is 4.33. The number of halogens is 1. The van der Waals surface area contributed by atoms with E-state index in [0.717, 1.165) is 5.56 Å². The molecule has 1 amide bonds. The highest BCUT2D eigenvalue weighted by molar-refractivity contribution is 5.98. The summed E-state index contributed by atoms with van der Waals surface area (Å²) in [6.07, 6.45) is 2.01. The molecule has 0 saturated heterocycles. The molecule has 0 fully saturated rings. The third-order valence-electron chi connectivity index (χ3n) is 2.81. The molecule has 2 aromatic rings. The summed E-state index contributed by atoms with van der Waals surface area (Å²) in [6.45, 7) is 0.554. The highest BCUT2D eigenvalue weighted by Crippen LogP contribution is 2.14. The number of amides is 1. The number of nitrogens with two attached hydrogens (primary N) is 2. The van der Waals surface area contributed by atoms with Gasteiger partial charge in [-0.25, -0.2) is 9.37 Å². The van der Waals surface area contributed by atoms with Crippen LogP contribution in [0.15, 0.2) is 36.5 Å². The number of carbonyl (C=O) groups is 1. The lowest BCUT2D eigenvalue weighted by atomic mass is 10.1. The number of benzene rings is 1. The number of pyridine rings is 1. The van der Waals surface area contributed by atoms with Gasteiger partial charge in [-0.1, -0.05) is 12.1 Å². The van der Waals surface area contributed by atoms with E-state index in [-0.39, 0.29) is 17.1 Å². The van der Waals surface area contributed by atoms with E-state index in [1.54, 1.807) is 6.07 Å². The maximum Gasteiger partial charge on any atom is 0.250 e. The quantitative estimate of drug-likeness (QED) is 0.771. The fourth-order valence-corrected chi connectivity index (χ4v) is 1.80. The SMILES string of the molecule is NC(=O)c1cc(NCCc2cccc(F)c2)ncc1N. The molecule has 5 nitrogen and oxygen atoms in total. The van der Waals surface area contributed by atoms with Gasteiger partial charge < -0.3 is 16.8 Å². The van der Waals surface area contributed by atoms with Crippen molar-refractivity contribution in [1.29, 1.82) is 0 Å². The molecular weight excluding hydrogens is 259 g/mol. The smallest absolute Gasteiger partial charge is 0.250 e. The molecule has 0 unspecified atom stereocenters. The summed E-state index contributed by atoms with van der Waals surface area (Å²) in [7, 11) is 0. The van der Waals surface area contributed by atoms with Crippen molar-refractivity contribution < 1.29 is 9.18 Å². The summed E-state index contributed by atoms with van der Waals surface area (Å²) in [5.74, 6) is -0.355. The van der Waals surface area contributed by atoms with Gasteiger partial charge in [0.15, 0.2) is 0 Å². The number of hydrogen-bond donors (Lipinski definition) is 3. The van der Waals surface area contributed by atoms with Crippen LogP contribution in [0.25, 0.3) is 0 Å². The van der Waals surface area contributed by atoms with Crippen molar-refractivity contribution >= 4 is 17.4 Å². The number of nitrogens with one attached hydrogen (secondary N) is 1. The molecule has 0 saturated carbocycles. The Morgan fingerprint density at radius 2 is 2.15 bits per heavy atom. The topological polar surface area (TPSA) is 94.0 Å². The van der Waals surface area contributed by atoms with E-state index in [2.05, 4.69) is 10.3 Å². The third-order valence-corrected chi connectivity index (χ3v) is 2.81. The van der Waals surface area contributed by atoms with Gasteiger partial charge in [-0.3, -0.25) is 4.79 Å². The number of hydrogen-bond acceptors (Lipinski definition) is 4. The third kappa shape index (κ3) is 3.44. The lowest BCUT2D eigenvalue weighted by Crippen LogP contribution is -2.15. The Morgan fingerprint density at radius 3 is 2.85 bits per heavy atom. The van der Waals surface area contributed by atoms with Crippen LogP contribution in [0.3, 0.4) is 0 Å². The molecule has 6 heteroatoms. The van der Waals surface area contributed by atoms with Crippen molar-refractivity contribution in [2.75, 3.05) is 17.6 Å². The van der Waals surface area contributed by atoms with Crippen molar-refractivity contribution in [3.05, 3.63) is 53.5 Å². The first-order chi connectivity index (χ1) is 9.56. The van der Waals surface area contributed by atoms with Crippen LogP contribution in [0.4, 0.5) is 15.9 Å². The molecule has 0 bridgehead atoms. The number of nitrogen functional groups attached to an aromatic ring is 1. The summed E-state index contributed by atoms with van der Waals surface area (Å²) in [5, 5.41) is 3.04. The average molecular weight is 274 g/mol. The van der Waals surface area contributed by atoms with E-state index < -0.39 is 5.91 Å². The predicted molar refractivity (Wildman–Crippen MR) is 75.8 cm³/mol. The molecule has 104 valence electrons. The molecule has 1 aromatic heterocycles. The normalized spacial score (nSPS) is 10.2. The number of aromatic nitrogens is 1. The van der Waals surface area contributed by atoms with Gasteiger partial charge in [0, 0.05) is 6.54 Å². The summed E-state index contributed by atoms with van der Waals surface area (Å²) in [4.78, 5) is 15.2. The zero-order chi connectivity index (χ0) is 14.5. The van der Waals surface area contributed by atoms with Crippen molar-refractivity contribution in [3.63, 3.8) is 0 Å². The Bertz CT molecular complexity index is 630. The Hall–Kier alpha value is -2.63.